The van der Waals surface area contributed by atoms with Crippen molar-refractivity contribution in [2.75, 3.05) is 0 Å². The number of carbonyl (C=O) groups is 8. The van der Waals surface area contributed by atoms with E-state index in [9.17, 15) is 38.4 Å². The van der Waals surface area contributed by atoms with Crippen LogP contribution < -0.4 is 0 Å². The van der Waals surface area contributed by atoms with Crippen molar-refractivity contribution in [3.63, 3.8) is 0 Å². The lowest BCUT2D eigenvalue weighted by Gasteiger charge is -1.98. The Morgan fingerprint density at radius 1 is 0.410 bits per heavy atom. The van der Waals surface area contributed by atoms with Crippen molar-refractivity contribution >= 4 is 47.8 Å². The Kier molecular flexibility index (Phi) is 27.3. The van der Waals surface area contributed by atoms with Crippen LogP contribution in [0.15, 0.2) is 0 Å². The predicted molar refractivity (Wildman–Crippen MR) is 131 cm³/mol. The second-order valence-corrected chi connectivity index (χ2v) is 8.04. The number of ether oxygens (including phenoxy) is 1. The summed E-state index contributed by atoms with van der Waals surface area (Å²) in [5.41, 5.74) is 0. The molecule has 1 saturated heterocycles. The number of carboxylic acids is 6. The quantitative estimate of drug-likeness (QED) is 0.0839. The first-order valence-electron chi connectivity index (χ1n) is 12.2. The van der Waals surface area contributed by atoms with Crippen LogP contribution in [-0.4, -0.2) is 78.4 Å². The summed E-state index contributed by atoms with van der Waals surface area (Å²) in [5, 5.41) is 48.8. The molecule has 0 spiro atoms. The van der Waals surface area contributed by atoms with E-state index in [1.807, 2.05) is 0 Å². The highest BCUT2D eigenvalue weighted by molar-refractivity contribution is 5.92. The molecule has 1 fully saturated rings. The van der Waals surface area contributed by atoms with Gasteiger partial charge in [-0.05, 0) is 25.7 Å². The second-order valence-electron chi connectivity index (χ2n) is 8.04. The molecule has 0 bridgehead atoms. The summed E-state index contributed by atoms with van der Waals surface area (Å²) >= 11 is 0. The van der Waals surface area contributed by atoms with E-state index in [2.05, 4.69) is 4.74 Å². The lowest BCUT2D eigenvalue weighted by molar-refractivity contribution is -0.152. The summed E-state index contributed by atoms with van der Waals surface area (Å²) in [5.74, 6) is -6.17. The highest BCUT2D eigenvalue weighted by Crippen LogP contribution is 2.08. The number of unbranched alkanes of at least 4 members (excludes halogenated alkanes) is 6. The molecule has 0 aromatic heterocycles. The molecule has 0 aliphatic carbocycles. The molecule has 1 aliphatic rings. The van der Waals surface area contributed by atoms with E-state index in [0.29, 0.717) is 12.8 Å². The first kappa shape index (κ1) is 39.5. The van der Waals surface area contributed by atoms with Crippen LogP contribution in [0.3, 0.4) is 0 Å². The molecule has 1 rings (SSSR count). The zero-order valence-corrected chi connectivity index (χ0v) is 21.7. The maximum absolute atomic E-state index is 10.1. The molecule has 1 aliphatic heterocycles. The van der Waals surface area contributed by atoms with Gasteiger partial charge in [0.1, 0.15) is 0 Å². The molecule has 0 aromatic rings. The Morgan fingerprint density at radius 2 is 0.615 bits per heavy atom. The predicted octanol–water partition coefficient (Wildman–Crippen LogP) is 2.78. The number of esters is 2. The maximum Gasteiger partial charge on any atom is 0.314 e. The summed E-state index contributed by atoms with van der Waals surface area (Å²) in [4.78, 5) is 79.4. The van der Waals surface area contributed by atoms with Gasteiger partial charge in [-0.25, -0.2) is 0 Å². The third kappa shape index (κ3) is 44.4. The van der Waals surface area contributed by atoms with Crippen molar-refractivity contribution in [1.29, 1.82) is 0 Å². The molecule has 0 saturated carbocycles. The van der Waals surface area contributed by atoms with E-state index in [1.165, 1.54) is 0 Å². The summed E-state index contributed by atoms with van der Waals surface area (Å²) in [7, 11) is 0. The Bertz CT molecular complexity index is 724. The smallest absolute Gasteiger partial charge is 0.314 e. The number of cyclic esters (lactones) is 2. The third-order valence-corrected chi connectivity index (χ3v) is 4.38. The van der Waals surface area contributed by atoms with E-state index in [4.69, 9.17) is 30.6 Å². The molecule has 0 radical (unpaired) electrons. The summed E-state index contributed by atoms with van der Waals surface area (Å²) in [6.45, 7) is 0. The summed E-state index contributed by atoms with van der Waals surface area (Å²) < 4.78 is 4.08. The van der Waals surface area contributed by atoms with Crippen molar-refractivity contribution in [3.05, 3.63) is 0 Å². The topological polar surface area (TPSA) is 267 Å². The van der Waals surface area contributed by atoms with E-state index >= 15 is 0 Å². The lowest BCUT2D eigenvalue weighted by atomic mass is 10.1. The largest absolute Gasteiger partial charge is 0.481 e. The monoisotopic (exact) mass is 566 g/mol. The Hall–Kier alpha value is -4.04. The van der Waals surface area contributed by atoms with Crippen LogP contribution in [0.25, 0.3) is 0 Å². The van der Waals surface area contributed by atoms with E-state index < -0.39 is 47.8 Å². The minimum absolute atomic E-state index is 0.0628. The Balaban J connectivity index is -0.000000459. The first-order valence-corrected chi connectivity index (χ1v) is 12.2. The fraction of sp³-hybridized carbons (Fsp3) is 0.667. The number of hydrogen-bond donors (Lipinski definition) is 6. The number of carbonyl (C=O) groups excluding carboxylic acids is 2. The lowest BCUT2D eigenvalue weighted by Crippen LogP contribution is -2.00. The van der Waals surface area contributed by atoms with Crippen molar-refractivity contribution in [2.24, 2.45) is 0 Å². The van der Waals surface area contributed by atoms with Gasteiger partial charge in [0.05, 0.1) is 25.7 Å². The molecule has 224 valence electrons. The normalized spacial score (nSPS) is 11.3. The summed E-state index contributed by atoms with van der Waals surface area (Å²) in [6.07, 6.45) is 6.78. The molecule has 0 amide bonds. The molecule has 1 heterocycles. The average molecular weight is 567 g/mol. The van der Waals surface area contributed by atoms with E-state index in [-0.39, 0.29) is 51.4 Å². The van der Waals surface area contributed by atoms with Crippen LogP contribution in [0, 0.1) is 0 Å². The van der Waals surface area contributed by atoms with E-state index in [1.54, 1.807) is 0 Å². The van der Waals surface area contributed by atoms with Crippen molar-refractivity contribution in [2.45, 2.75) is 103 Å². The molecule has 39 heavy (non-hydrogen) atoms. The fourth-order valence-corrected chi connectivity index (χ4v) is 2.46. The average Bonchev–Trinajstić information content (AvgIpc) is 3.20. The van der Waals surface area contributed by atoms with Crippen LogP contribution >= 0.6 is 0 Å². The zero-order chi connectivity index (χ0) is 30.6. The van der Waals surface area contributed by atoms with E-state index in [0.717, 1.165) is 38.5 Å². The highest BCUT2D eigenvalue weighted by Gasteiger charge is 2.19. The molecule has 6 N–H and O–H groups in total. The Morgan fingerprint density at radius 3 is 0.795 bits per heavy atom. The minimum atomic E-state index is -1.08. The van der Waals surface area contributed by atoms with Gasteiger partial charge in [-0.1, -0.05) is 25.7 Å². The van der Waals surface area contributed by atoms with Crippen molar-refractivity contribution in [1.82, 2.24) is 0 Å². The first-order chi connectivity index (χ1) is 18.2. The number of carboxylic acid groups (broad SMARTS) is 6. The van der Waals surface area contributed by atoms with Crippen LogP contribution in [0.2, 0.25) is 0 Å². The van der Waals surface area contributed by atoms with Crippen LogP contribution in [0.5, 0.6) is 0 Å². The standard InChI is InChI=1S/C10H18O4.C6H10O4.C4H6O4.C4H4O3/c11-9(12)7-5-3-1-2-4-6-8-10(13)14;7-5(8)3-1-2-4-6(9)10;5-3(6)1-2-4(7)8;5-3-1-2-4(6)7-3/h1-8H2,(H,11,12)(H,13,14);1-4H2,(H,7,8)(H,9,10);1-2H2,(H,5,6)(H,7,8);1-2H2. The number of hydrogen-bond acceptors (Lipinski definition) is 9. The molecule has 0 atom stereocenters. The van der Waals surface area contributed by atoms with Gasteiger partial charge in [-0.15, -0.1) is 0 Å². The van der Waals surface area contributed by atoms with Gasteiger partial charge < -0.3 is 35.4 Å². The van der Waals surface area contributed by atoms with Crippen LogP contribution in [0.1, 0.15) is 103 Å². The Labute approximate surface area is 224 Å². The maximum atomic E-state index is 10.1. The number of aliphatic carboxylic acids is 6. The van der Waals surface area contributed by atoms with Gasteiger partial charge in [0.15, 0.2) is 0 Å². The van der Waals surface area contributed by atoms with Crippen LogP contribution in [0.4, 0.5) is 0 Å². The van der Waals surface area contributed by atoms with Gasteiger partial charge in [0.25, 0.3) is 0 Å². The van der Waals surface area contributed by atoms with Crippen molar-refractivity contribution < 1.29 is 73.7 Å². The number of rotatable bonds is 17. The molecule has 0 aromatic carbocycles. The van der Waals surface area contributed by atoms with Gasteiger partial charge in [-0.2, -0.15) is 0 Å². The van der Waals surface area contributed by atoms with Crippen molar-refractivity contribution in [3.8, 4) is 0 Å². The van der Waals surface area contributed by atoms with Gasteiger partial charge in [0.2, 0.25) is 0 Å². The second kappa shape index (κ2) is 27.0. The van der Waals surface area contributed by atoms with Gasteiger partial charge in [0, 0.05) is 25.7 Å². The highest BCUT2D eigenvalue weighted by atomic mass is 16.6. The van der Waals surface area contributed by atoms with Gasteiger partial charge >= 0.3 is 47.8 Å². The van der Waals surface area contributed by atoms with Crippen LogP contribution in [-0.2, 0) is 43.1 Å². The fourth-order valence-electron chi connectivity index (χ4n) is 2.46. The minimum Gasteiger partial charge on any atom is -0.481 e. The molecule has 15 heteroatoms. The third-order valence-electron chi connectivity index (χ3n) is 4.38. The molecule has 0 unspecified atom stereocenters. The van der Waals surface area contributed by atoms with Gasteiger partial charge in [-0.3, -0.25) is 38.4 Å². The molecule has 15 nitrogen and oxygen atoms in total. The summed E-state index contributed by atoms with van der Waals surface area (Å²) in [6, 6.07) is 0. The SMILES string of the molecule is O=C(O)CCC(=O)O.O=C(O)CCCCC(=O)O.O=C(O)CCCCCCCCC(=O)O.O=C1CCC(=O)O1. The molecular weight excluding hydrogens is 528 g/mol. The molecular formula is C24H38O15. The zero-order valence-electron chi connectivity index (χ0n) is 21.7.